The van der Waals surface area contributed by atoms with Gasteiger partial charge in [-0.2, -0.15) is 14.5 Å². The fourth-order valence-corrected chi connectivity index (χ4v) is 5.38. The molecular weight excluding hydrogens is 459 g/mol. The van der Waals surface area contributed by atoms with Gasteiger partial charge < -0.3 is 5.32 Å². The molecule has 3 heterocycles. The molecule has 0 radical (unpaired) electrons. The maximum atomic E-state index is 13.2. The SMILES string of the molecule is Cn1cc(S(=O)(=O)N2CCCC(C(=O)Nc3cnn(Cc4ccc(F)cc4Cl)c3)C2)cn1. The van der Waals surface area contributed by atoms with E-state index in [-0.39, 0.29) is 17.3 Å². The molecule has 0 bridgehead atoms. The Morgan fingerprint density at radius 2 is 2.09 bits per heavy atom. The summed E-state index contributed by atoms with van der Waals surface area (Å²) in [5.41, 5.74) is 1.18. The fourth-order valence-electron chi connectivity index (χ4n) is 3.64. The van der Waals surface area contributed by atoms with Crippen LogP contribution in [0.5, 0.6) is 0 Å². The molecule has 1 unspecified atom stereocenters. The molecule has 12 heteroatoms. The smallest absolute Gasteiger partial charge is 0.246 e. The van der Waals surface area contributed by atoms with Crippen molar-refractivity contribution in [2.24, 2.45) is 13.0 Å². The van der Waals surface area contributed by atoms with Gasteiger partial charge in [-0.25, -0.2) is 12.8 Å². The van der Waals surface area contributed by atoms with E-state index in [1.54, 1.807) is 24.0 Å². The molecule has 1 saturated heterocycles. The number of anilines is 1. The van der Waals surface area contributed by atoms with Crippen molar-refractivity contribution in [3.8, 4) is 0 Å². The zero-order chi connectivity index (χ0) is 22.9. The van der Waals surface area contributed by atoms with Gasteiger partial charge in [0.15, 0.2) is 0 Å². The summed E-state index contributed by atoms with van der Waals surface area (Å²) in [6.45, 7) is 0.773. The summed E-state index contributed by atoms with van der Waals surface area (Å²) in [5, 5.41) is 11.2. The first kappa shape index (κ1) is 22.4. The minimum absolute atomic E-state index is 0.0996. The van der Waals surface area contributed by atoms with Crippen LogP contribution in [0.15, 0.2) is 47.9 Å². The Hall–Kier alpha value is -2.76. The lowest BCUT2D eigenvalue weighted by Gasteiger charge is -2.30. The average Bonchev–Trinajstić information content (AvgIpc) is 3.39. The van der Waals surface area contributed by atoms with Crippen LogP contribution in [0, 0.1) is 11.7 Å². The number of amides is 1. The van der Waals surface area contributed by atoms with Crippen molar-refractivity contribution in [2.45, 2.75) is 24.3 Å². The fraction of sp³-hybridized carbons (Fsp3) is 0.350. The minimum Gasteiger partial charge on any atom is -0.323 e. The monoisotopic (exact) mass is 480 g/mol. The van der Waals surface area contributed by atoms with E-state index in [2.05, 4.69) is 15.5 Å². The normalized spacial score (nSPS) is 17.4. The number of aryl methyl sites for hydroxylation is 1. The Morgan fingerprint density at radius 1 is 1.28 bits per heavy atom. The summed E-state index contributed by atoms with van der Waals surface area (Å²) < 4.78 is 43.2. The van der Waals surface area contributed by atoms with E-state index in [0.717, 1.165) is 0 Å². The zero-order valence-electron chi connectivity index (χ0n) is 17.3. The van der Waals surface area contributed by atoms with Crippen LogP contribution in [0.1, 0.15) is 18.4 Å². The van der Waals surface area contributed by atoms with Crippen molar-refractivity contribution < 1.29 is 17.6 Å². The van der Waals surface area contributed by atoms with E-state index in [9.17, 15) is 17.6 Å². The van der Waals surface area contributed by atoms with E-state index in [0.29, 0.717) is 42.2 Å². The molecule has 3 aromatic rings. The molecule has 0 spiro atoms. The Labute approximate surface area is 189 Å². The quantitative estimate of drug-likeness (QED) is 0.584. The molecule has 1 N–H and O–H groups in total. The van der Waals surface area contributed by atoms with Gasteiger partial charge >= 0.3 is 0 Å². The van der Waals surface area contributed by atoms with Crippen molar-refractivity contribution in [2.75, 3.05) is 18.4 Å². The van der Waals surface area contributed by atoms with E-state index < -0.39 is 21.8 Å². The highest BCUT2D eigenvalue weighted by Gasteiger charge is 2.34. The van der Waals surface area contributed by atoms with Crippen LogP contribution in [0.2, 0.25) is 5.02 Å². The Bertz CT molecular complexity index is 1240. The van der Waals surface area contributed by atoms with Gasteiger partial charge in [-0.1, -0.05) is 17.7 Å². The van der Waals surface area contributed by atoms with Crippen LogP contribution in [0.4, 0.5) is 10.1 Å². The lowest BCUT2D eigenvalue weighted by atomic mass is 9.99. The van der Waals surface area contributed by atoms with Crippen LogP contribution >= 0.6 is 11.6 Å². The maximum absolute atomic E-state index is 13.2. The average molecular weight is 481 g/mol. The molecule has 1 aromatic carbocycles. The summed E-state index contributed by atoms with van der Waals surface area (Å²) >= 11 is 6.06. The molecule has 32 heavy (non-hydrogen) atoms. The van der Waals surface area contributed by atoms with Crippen LogP contribution in [-0.2, 0) is 28.4 Å². The van der Waals surface area contributed by atoms with Crippen LogP contribution in [0.3, 0.4) is 0 Å². The number of sulfonamides is 1. The standard InChI is InChI=1S/C20H22ClFN6O3S/c1-26-13-18(9-23-26)32(30,31)28-6-2-3-15(11-28)20(29)25-17-8-24-27(12-17)10-14-4-5-16(22)7-19(14)21/h4-5,7-9,12-13,15H,2-3,6,10-11H2,1H3,(H,25,29). The molecule has 4 rings (SSSR count). The van der Waals surface area contributed by atoms with Gasteiger partial charge in [0.1, 0.15) is 10.7 Å². The van der Waals surface area contributed by atoms with Crippen LogP contribution in [-0.4, -0.2) is 51.3 Å². The minimum atomic E-state index is -3.70. The number of carbonyl (C=O) groups excluding carboxylic acids is 1. The third kappa shape index (κ3) is 4.84. The number of halogens is 2. The summed E-state index contributed by atoms with van der Waals surface area (Å²) in [4.78, 5) is 12.9. The highest BCUT2D eigenvalue weighted by atomic mass is 35.5. The molecule has 9 nitrogen and oxygen atoms in total. The summed E-state index contributed by atoms with van der Waals surface area (Å²) in [6.07, 6.45) is 7.07. The van der Waals surface area contributed by atoms with Gasteiger partial charge in [0, 0.05) is 37.6 Å². The van der Waals surface area contributed by atoms with Crippen molar-refractivity contribution in [3.05, 3.63) is 59.4 Å². The molecule has 170 valence electrons. The van der Waals surface area contributed by atoms with E-state index >= 15 is 0 Å². The van der Waals surface area contributed by atoms with Crippen LogP contribution in [0.25, 0.3) is 0 Å². The second kappa shape index (κ2) is 9.00. The predicted molar refractivity (Wildman–Crippen MR) is 116 cm³/mol. The molecule has 1 fully saturated rings. The largest absolute Gasteiger partial charge is 0.323 e. The number of nitrogens with one attached hydrogen (secondary N) is 1. The van der Waals surface area contributed by atoms with Gasteiger partial charge in [0.2, 0.25) is 15.9 Å². The molecule has 1 aliphatic heterocycles. The van der Waals surface area contributed by atoms with Crippen molar-refractivity contribution in [1.29, 1.82) is 0 Å². The second-order valence-electron chi connectivity index (χ2n) is 7.70. The van der Waals surface area contributed by atoms with Gasteiger partial charge in [-0.15, -0.1) is 0 Å². The van der Waals surface area contributed by atoms with Gasteiger partial charge in [0.05, 0.1) is 30.5 Å². The number of hydrogen-bond acceptors (Lipinski definition) is 5. The topological polar surface area (TPSA) is 102 Å². The van der Waals surface area contributed by atoms with Gasteiger partial charge in [-0.05, 0) is 30.5 Å². The Kier molecular flexibility index (Phi) is 6.31. The number of carbonyl (C=O) groups is 1. The third-order valence-corrected chi connectivity index (χ3v) is 7.49. The number of aromatic nitrogens is 4. The van der Waals surface area contributed by atoms with Gasteiger partial charge in [-0.3, -0.25) is 14.2 Å². The number of hydrogen-bond donors (Lipinski definition) is 1. The van der Waals surface area contributed by atoms with E-state index in [4.69, 9.17) is 11.6 Å². The van der Waals surface area contributed by atoms with Crippen molar-refractivity contribution in [3.63, 3.8) is 0 Å². The lowest BCUT2D eigenvalue weighted by molar-refractivity contribution is -0.120. The third-order valence-electron chi connectivity index (χ3n) is 5.32. The summed E-state index contributed by atoms with van der Waals surface area (Å²) in [5.74, 6) is -1.17. The maximum Gasteiger partial charge on any atom is 0.246 e. The Morgan fingerprint density at radius 3 is 2.81 bits per heavy atom. The highest BCUT2D eigenvalue weighted by Crippen LogP contribution is 2.25. The molecule has 2 aromatic heterocycles. The van der Waals surface area contributed by atoms with Crippen LogP contribution < -0.4 is 5.32 Å². The molecule has 1 amide bonds. The summed E-state index contributed by atoms with van der Waals surface area (Å²) in [6, 6.07) is 4.14. The number of rotatable bonds is 6. The molecule has 1 atom stereocenters. The number of nitrogens with zero attached hydrogens (tertiary/aromatic N) is 5. The molecular formula is C20H22ClFN6O3S. The Balaban J connectivity index is 1.40. The highest BCUT2D eigenvalue weighted by molar-refractivity contribution is 7.89. The lowest BCUT2D eigenvalue weighted by Crippen LogP contribution is -2.43. The molecule has 0 aliphatic carbocycles. The number of piperidine rings is 1. The predicted octanol–water partition coefficient (Wildman–Crippen LogP) is 2.50. The van der Waals surface area contributed by atoms with E-state index in [1.165, 1.54) is 39.7 Å². The van der Waals surface area contributed by atoms with E-state index in [1.807, 2.05) is 0 Å². The second-order valence-corrected chi connectivity index (χ2v) is 10.0. The van der Waals surface area contributed by atoms with Crippen molar-refractivity contribution in [1.82, 2.24) is 23.9 Å². The molecule has 0 saturated carbocycles. The number of benzene rings is 1. The zero-order valence-corrected chi connectivity index (χ0v) is 18.9. The molecule has 1 aliphatic rings. The van der Waals surface area contributed by atoms with Crippen molar-refractivity contribution >= 4 is 33.2 Å². The first-order valence-corrected chi connectivity index (χ1v) is 11.8. The van der Waals surface area contributed by atoms with Gasteiger partial charge in [0.25, 0.3) is 0 Å². The summed E-state index contributed by atoms with van der Waals surface area (Å²) in [7, 11) is -2.06. The first-order valence-electron chi connectivity index (χ1n) is 9.98. The first-order chi connectivity index (χ1) is 15.2.